The molecule has 0 aromatic heterocycles. The number of primary amides is 1. The van der Waals surface area contributed by atoms with Crippen molar-refractivity contribution in [3.8, 4) is 0 Å². The second-order valence-corrected chi connectivity index (χ2v) is 4.77. The van der Waals surface area contributed by atoms with E-state index in [0.717, 1.165) is 5.56 Å². The Labute approximate surface area is 122 Å². The fourth-order valence-electron chi connectivity index (χ4n) is 1.84. The SMILES string of the molecule is CC(Cc1ccccc1)NC(=O)N[C@@H](CC(N)=O)C(=O)O. The topological polar surface area (TPSA) is 122 Å². The van der Waals surface area contributed by atoms with Gasteiger partial charge in [-0.15, -0.1) is 0 Å². The molecule has 0 bridgehead atoms. The van der Waals surface area contributed by atoms with Gasteiger partial charge < -0.3 is 21.5 Å². The van der Waals surface area contributed by atoms with Gasteiger partial charge in [0.15, 0.2) is 0 Å². The highest BCUT2D eigenvalue weighted by Gasteiger charge is 2.22. The Bertz CT molecular complexity index is 504. The number of nitrogens with one attached hydrogen (secondary N) is 2. The van der Waals surface area contributed by atoms with Crippen molar-refractivity contribution < 1.29 is 19.5 Å². The summed E-state index contributed by atoms with van der Waals surface area (Å²) in [6.07, 6.45) is 0.164. The molecule has 5 N–H and O–H groups in total. The van der Waals surface area contributed by atoms with E-state index in [1.807, 2.05) is 30.3 Å². The van der Waals surface area contributed by atoms with Crippen LogP contribution in [0.5, 0.6) is 0 Å². The molecule has 7 nitrogen and oxygen atoms in total. The summed E-state index contributed by atoms with van der Waals surface area (Å²) >= 11 is 0. The van der Waals surface area contributed by atoms with E-state index in [2.05, 4.69) is 10.6 Å². The maximum atomic E-state index is 11.7. The monoisotopic (exact) mass is 293 g/mol. The third kappa shape index (κ3) is 6.42. The highest BCUT2D eigenvalue weighted by Crippen LogP contribution is 2.02. The minimum absolute atomic E-state index is 0.185. The van der Waals surface area contributed by atoms with Crippen LogP contribution in [0.25, 0.3) is 0 Å². The number of urea groups is 1. The van der Waals surface area contributed by atoms with Crippen LogP contribution in [0, 0.1) is 0 Å². The van der Waals surface area contributed by atoms with Crippen LogP contribution < -0.4 is 16.4 Å². The van der Waals surface area contributed by atoms with Gasteiger partial charge in [0.05, 0.1) is 6.42 Å². The van der Waals surface area contributed by atoms with Crippen molar-refractivity contribution in [2.75, 3.05) is 0 Å². The van der Waals surface area contributed by atoms with Crippen molar-refractivity contribution in [3.63, 3.8) is 0 Å². The van der Waals surface area contributed by atoms with Crippen LogP contribution in [0.4, 0.5) is 4.79 Å². The molecule has 3 amide bonds. The molecule has 0 saturated carbocycles. The van der Waals surface area contributed by atoms with Gasteiger partial charge in [-0.1, -0.05) is 30.3 Å². The quantitative estimate of drug-likeness (QED) is 0.575. The molecule has 0 aliphatic rings. The lowest BCUT2D eigenvalue weighted by Crippen LogP contribution is -2.50. The second-order valence-electron chi connectivity index (χ2n) is 4.77. The molecular weight excluding hydrogens is 274 g/mol. The molecule has 21 heavy (non-hydrogen) atoms. The number of amides is 3. The van der Waals surface area contributed by atoms with E-state index in [9.17, 15) is 14.4 Å². The molecule has 0 radical (unpaired) electrons. The van der Waals surface area contributed by atoms with Crippen LogP contribution in [0.2, 0.25) is 0 Å². The Morgan fingerprint density at radius 1 is 1.19 bits per heavy atom. The smallest absolute Gasteiger partial charge is 0.326 e. The maximum Gasteiger partial charge on any atom is 0.326 e. The molecule has 2 atom stereocenters. The highest BCUT2D eigenvalue weighted by molar-refractivity contribution is 5.87. The predicted octanol–water partition coefficient (Wildman–Crippen LogP) is 0.245. The Kier molecular flexibility index (Phi) is 6.19. The summed E-state index contributed by atoms with van der Waals surface area (Å²) in [6.45, 7) is 1.80. The van der Waals surface area contributed by atoms with E-state index in [1.54, 1.807) is 6.92 Å². The molecule has 1 unspecified atom stereocenters. The van der Waals surface area contributed by atoms with Crippen molar-refractivity contribution >= 4 is 17.9 Å². The Hall–Kier alpha value is -2.57. The summed E-state index contributed by atoms with van der Waals surface area (Å²) in [4.78, 5) is 33.3. The normalized spacial score (nSPS) is 13.0. The van der Waals surface area contributed by atoms with Gasteiger partial charge in [0.1, 0.15) is 6.04 Å². The van der Waals surface area contributed by atoms with Crippen molar-refractivity contribution in [3.05, 3.63) is 35.9 Å². The number of carboxylic acids is 1. The van der Waals surface area contributed by atoms with Gasteiger partial charge in [-0.2, -0.15) is 0 Å². The first-order valence-electron chi connectivity index (χ1n) is 6.50. The molecule has 7 heteroatoms. The van der Waals surface area contributed by atoms with Crippen LogP contribution in [-0.4, -0.2) is 35.1 Å². The van der Waals surface area contributed by atoms with Gasteiger partial charge in [0, 0.05) is 6.04 Å². The zero-order chi connectivity index (χ0) is 15.8. The van der Waals surface area contributed by atoms with Crippen LogP contribution in [0.3, 0.4) is 0 Å². The van der Waals surface area contributed by atoms with Gasteiger partial charge >= 0.3 is 12.0 Å². The summed E-state index contributed by atoms with van der Waals surface area (Å²) in [6, 6.07) is 7.40. The average molecular weight is 293 g/mol. The number of rotatable bonds is 7. The standard InChI is InChI=1S/C14H19N3O4/c1-9(7-10-5-3-2-4-6-10)16-14(21)17-11(13(19)20)8-12(15)18/h2-6,9,11H,7-8H2,1H3,(H2,15,18)(H,19,20)(H2,16,17,21)/t9?,11-/m0/s1. The fourth-order valence-corrected chi connectivity index (χ4v) is 1.84. The summed E-state index contributed by atoms with van der Waals surface area (Å²) in [5, 5.41) is 13.7. The average Bonchev–Trinajstić information content (AvgIpc) is 2.38. The van der Waals surface area contributed by atoms with Crippen LogP contribution in [-0.2, 0) is 16.0 Å². The molecule has 0 spiro atoms. The minimum atomic E-state index is -1.33. The van der Waals surface area contributed by atoms with Gasteiger partial charge in [-0.25, -0.2) is 9.59 Å². The van der Waals surface area contributed by atoms with Crippen LogP contribution in [0.1, 0.15) is 18.9 Å². The first-order valence-corrected chi connectivity index (χ1v) is 6.50. The molecule has 0 saturated heterocycles. The summed E-state index contributed by atoms with van der Waals surface area (Å²) in [7, 11) is 0. The first kappa shape index (κ1) is 16.5. The predicted molar refractivity (Wildman–Crippen MR) is 76.5 cm³/mol. The molecule has 1 rings (SSSR count). The number of nitrogens with two attached hydrogens (primary N) is 1. The van der Waals surface area contributed by atoms with E-state index in [1.165, 1.54) is 0 Å². The van der Waals surface area contributed by atoms with Gasteiger partial charge in [-0.3, -0.25) is 4.79 Å². The Morgan fingerprint density at radius 3 is 2.33 bits per heavy atom. The molecule has 1 aromatic rings. The number of carbonyl (C=O) groups is 3. The van der Waals surface area contributed by atoms with Crippen LogP contribution >= 0.6 is 0 Å². The van der Waals surface area contributed by atoms with Crippen molar-refractivity contribution in [2.24, 2.45) is 5.73 Å². The molecule has 0 fully saturated rings. The maximum absolute atomic E-state index is 11.7. The van der Waals surface area contributed by atoms with Crippen molar-refractivity contribution in [2.45, 2.75) is 31.8 Å². The zero-order valence-electron chi connectivity index (χ0n) is 11.7. The number of carbonyl (C=O) groups excluding carboxylic acids is 2. The lowest BCUT2D eigenvalue weighted by atomic mass is 10.1. The number of hydrogen-bond acceptors (Lipinski definition) is 3. The Morgan fingerprint density at radius 2 is 1.81 bits per heavy atom. The lowest BCUT2D eigenvalue weighted by molar-refractivity contribution is -0.140. The summed E-state index contributed by atoms with van der Waals surface area (Å²) in [5.74, 6) is -2.10. The second kappa shape index (κ2) is 7.88. The van der Waals surface area contributed by atoms with E-state index in [4.69, 9.17) is 10.8 Å². The van der Waals surface area contributed by atoms with Crippen molar-refractivity contribution in [1.82, 2.24) is 10.6 Å². The van der Waals surface area contributed by atoms with E-state index < -0.39 is 30.4 Å². The molecule has 114 valence electrons. The van der Waals surface area contributed by atoms with Gasteiger partial charge in [0.25, 0.3) is 0 Å². The van der Waals surface area contributed by atoms with Crippen molar-refractivity contribution in [1.29, 1.82) is 0 Å². The molecular formula is C14H19N3O4. The van der Waals surface area contributed by atoms with E-state index in [-0.39, 0.29) is 6.04 Å². The molecule has 1 aromatic carbocycles. The first-order chi connectivity index (χ1) is 9.88. The van der Waals surface area contributed by atoms with E-state index >= 15 is 0 Å². The third-order valence-corrected chi connectivity index (χ3v) is 2.77. The fraction of sp³-hybridized carbons (Fsp3) is 0.357. The number of benzene rings is 1. The summed E-state index contributed by atoms with van der Waals surface area (Å²) < 4.78 is 0. The largest absolute Gasteiger partial charge is 0.480 e. The Balaban J connectivity index is 2.48. The number of hydrogen-bond donors (Lipinski definition) is 4. The van der Waals surface area contributed by atoms with Gasteiger partial charge in [-0.05, 0) is 18.9 Å². The number of carboxylic acid groups (broad SMARTS) is 1. The third-order valence-electron chi connectivity index (χ3n) is 2.77. The summed E-state index contributed by atoms with van der Waals surface area (Å²) in [5.41, 5.74) is 5.99. The highest BCUT2D eigenvalue weighted by atomic mass is 16.4. The molecule has 0 aliphatic heterocycles. The molecule has 0 heterocycles. The zero-order valence-corrected chi connectivity index (χ0v) is 11.7. The van der Waals surface area contributed by atoms with Gasteiger partial charge in [0.2, 0.25) is 5.91 Å². The molecule has 0 aliphatic carbocycles. The lowest BCUT2D eigenvalue weighted by Gasteiger charge is -2.17. The number of aliphatic carboxylic acids is 1. The van der Waals surface area contributed by atoms with Crippen LogP contribution in [0.15, 0.2) is 30.3 Å². The minimum Gasteiger partial charge on any atom is -0.480 e. The van der Waals surface area contributed by atoms with E-state index in [0.29, 0.717) is 6.42 Å².